The summed E-state index contributed by atoms with van der Waals surface area (Å²) < 4.78 is 1.68. The zero-order valence-electron chi connectivity index (χ0n) is 14.7. The SMILES string of the molecule is CC1Cc2c(nc(=O)[nH]c2-c2cnn(C(CC#N)C3(O)CCCC3)c2)N1. The molecular formula is C18H22N6O2. The van der Waals surface area contributed by atoms with Crippen molar-refractivity contribution in [1.82, 2.24) is 19.7 Å². The van der Waals surface area contributed by atoms with Crippen molar-refractivity contribution < 1.29 is 5.11 Å². The summed E-state index contributed by atoms with van der Waals surface area (Å²) in [4.78, 5) is 18.7. The molecular weight excluding hydrogens is 332 g/mol. The zero-order valence-corrected chi connectivity index (χ0v) is 14.7. The molecule has 1 aliphatic heterocycles. The van der Waals surface area contributed by atoms with Gasteiger partial charge >= 0.3 is 5.69 Å². The molecule has 2 aliphatic rings. The summed E-state index contributed by atoms with van der Waals surface area (Å²) in [5, 5.41) is 27.8. The Morgan fingerprint density at radius 3 is 3.00 bits per heavy atom. The lowest BCUT2D eigenvalue weighted by Gasteiger charge is -2.31. The van der Waals surface area contributed by atoms with Gasteiger partial charge in [-0.25, -0.2) is 4.79 Å². The molecule has 2 aromatic heterocycles. The first kappa shape index (κ1) is 16.8. The maximum Gasteiger partial charge on any atom is 0.347 e. The van der Waals surface area contributed by atoms with E-state index in [0.717, 1.165) is 30.4 Å². The minimum Gasteiger partial charge on any atom is -0.388 e. The Kier molecular flexibility index (Phi) is 4.04. The first-order valence-corrected chi connectivity index (χ1v) is 9.04. The Bertz CT molecular complexity index is 918. The Balaban J connectivity index is 1.73. The topological polar surface area (TPSA) is 120 Å². The molecule has 0 spiro atoms. The maximum atomic E-state index is 11.9. The molecule has 1 aliphatic carbocycles. The van der Waals surface area contributed by atoms with Crippen molar-refractivity contribution >= 4 is 5.82 Å². The molecule has 0 aromatic carbocycles. The average molecular weight is 354 g/mol. The van der Waals surface area contributed by atoms with Gasteiger partial charge in [-0.15, -0.1) is 0 Å². The van der Waals surface area contributed by atoms with Gasteiger partial charge in [-0.05, 0) is 26.2 Å². The third kappa shape index (κ3) is 2.78. The highest BCUT2D eigenvalue weighted by atomic mass is 16.3. The molecule has 3 N–H and O–H groups in total. The summed E-state index contributed by atoms with van der Waals surface area (Å²) in [7, 11) is 0. The number of anilines is 1. The highest BCUT2D eigenvalue weighted by Crippen LogP contribution is 2.40. The second kappa shape index (κ2) is 6.25. The highest BCUT2D eigenvalue weighted by molar-refractivity contribution is 5.69. The lowest BCUT2D eigenvalue weighted by atomic mass is 9.90. The Labute approximate surface area is 150 Å². The standard InChI is InChI=1S/C18H22N6O2/c1-11-8-13-15(22-17(25)23-16(13)21-11)12-9-20-24(10-12)14(4-7-19)18(26)5-2-3-6-18/h9-11,14,26H,2-6,8H2,1H3,(H2,21,22,23,25). The van der Waals surface area contributed by atoms with Gasteiger partial charge in [0.2, 0.25) is 0 Å². The highest BCUT2D eigenvalue weighted by Gasteiger charge is 2.41. The molecule has 4 rings (SSSR count). The van der Waals surface area contributed by atoms with Crippen molar-refractivity contribution in [3.05, 3.63) is 28.4 Å². The van der Waals surface area contributed by atoms with Crippen LogP contribution >= 0.6 is 0 Å². The van der Waals surface area contributed by atoms with Crippen molar-refractivity contribution in [2.45, 2.75) is 63.1 Å². The number of hydrogen-bond acceptors (Lipinski definition) is 6. The minimum absolute atomic E-state index is 0.196. The van der Waals surface area contributed by atoms with Gasteiger partial charge in [0.25, 0.3) is 0 Å². The summed E-state index contributed by atoms with van der Waals surface area (Å²) in [6.45, 7) is 2.04. The number of hydrogen-bond donors (Lipinski definition) is 3. The van der Waals surface area contributed by atoms with Crippen molar-refractivity contribution in [3.63, 3.8) is 0 Å². The zero-order chi connectivity index (χ0) is 18.3. The monoisotopic (exact) mass is 354 g/mol. The van der Waals surface area contributed by atoms with Crippen LogP contribution in [0.5, 0.6) is 0 Å². The van der Waals surface area contributed by atoms with E-state index >= 15 is 0 Å². The normalized spacial score (nSPS) is 21.8. The van der Waals surface area contributed by atoms with E-state index in [0.29, 0.717) is 24.4 Å². The summed E-state index contributed by atoms with van der Waals surface area (Å²) >= 11 is 0. The summed E-state index contributed by atoms with van der Waals surface area (Å²) in [6.07, 6.45) is 7.73. The number of aliphatic hydroxyl groups is 1. The van der Waals surface area contributed by atoms with Gasteiger partial charge < -0.3 is 15.4 Å². The maximum absolute atomic E-state index is 11.9. The van der Waals surface area contributed by atoms with E-state index in [1.54, 1.807) is 10.9 Å². The van der Waals surface area contributed by atoms with E-state index in [1.807, 2.05) is 13.1 Å². The molecule has 2 atom stereocenters. The molecule has 0 saturated heterocycles. The van der Waals surface area contributed by atoms with Crippen molar-refractivity contribution in [3.8, 4) is 17.3 Å². The van der Waals surface area contributed by atoms with Crippen LogP contribution < -0.4 is 11.0 Å². The predicted octanol–water partition coefficient (Wildman–Crippen LogP) is 1.75. The van der Waals surface area contributed by atoms with Crippen molar-refractivity contribution in [2.75, 3.05) is 5.32 Å². The fourth-order valence-electron chi connectivity index (χ4n) is 4.23. The third-order valence-electron chi connectivity index (χ3n) is 5.51. The van der Waals surface area contributed by atoms with E-state index in [9.17, 15) is 15.2 Å². The Morgan fingerprint density at radius 1 is 1.50 bits per heavy atom. The number of aromatic nitrogens is 4. The number of aromatic amines is 1. The Morgan fingerprint density at radius 2 is 2.27 bits per heavy atom. The summed E-state index contributed by atoms with van der Waals surface area (Å²) in [5.74, 6) is 0.618. The minimum atomic E-state index is -0.900. The predicted molar refractivity (Wildman–Crippen MR) is 95.6 cm³/mol. The van der Waals surface area contributed by atoms with Crippen LogP contribution in [0.4, 0.5) is 5.82 Å². The molecule has 0 bridgehead atoms. The van der Waals surface area contributed by atoms with Gasteiger partial charge in [0.05, 0.1) is 36.0 Å². The third-order valence-corrected chi connectivity index (χ3v) is 5.51. The number of nitriles is 1. The second-order valence-corrected chi connectivity index (χ2v) is 7.39. The lowest BCUT2D eigenvalue weighted by Crippen LogP contribution is -2.36. The van der Waals surface area contributed by atoms with Gasteiger partial charge in [0, 0.05) is 23.4 Å². The first-order chi connectivity index (χ1) is 12.5. The molecule has 0 radical (unpaired) electrons. The number of nitrogens with zero attached hydrogens (tertiary/aromatic N) is 4. The number of nitrogens with one attached hydrogen (secondary N) is 2. The molecule has 8 heteroatoms. The van der Waals surface area contributed by atoms with Crippen LogP contribution in [0.1, 0.15) is 50.6 Å². The van der Waals surface area contributed by atoms with Crippen LogP contribution in [0, 0.1) is 11.3 Å². The van der Waals surface area contributed by atoms with Crippen LogP contribution in [-0.4, -0.2) is 36.5 Å². The molecule has 26 heavy (non-hydrogen) atoms. The van der Waals surface area contributed by atoms with E-state index in [-0.39, 0.29) is 18.5 Å². The molecule has 2 aromatic rings. The molecule has 0 amide bonds. The molecule has 8 nitrogen and oxygen atoms in total. The molecule has 1 saturated carbocycles. The van der Waals surface area contributed by atoms with Gasteiger partial charge in [-0.3, -0.25) is 4.68 Å². The molecule has 3 heterocycles. The van der Waals surface area contributed by atoms with Gasteiger partial charge in [-0.1, -0.05) is 12.8 Å². The van der Waals surface area contributed by atoms with Crippen LogP contribution in [0.3, 0.4) is 0 Å². The van der Waals surface area contributed by atoms with E-state index in [1.165, 1.54) is 0 Å². The number of rotatable bonds is 4. The van der Waals surface area contributed by atoms with E-state index < -0.39 is 11.3 Å². The second-order valence-electron chi connectivity index (χ2n) is 7.39. The largest absolute Gasteiger partial charge is 0.388 e. The number of fused-ring (bicyclic) bond motifs is 1. The molecule has 2 unspecified atom stereocenters. The van der Waals surface area contributed by atoms with Crippen LogP contribution in [0.15, 0.2) is 17.2 Å². The van der Waals surface area contributed by atoms with Crippen LogP contribution in [-0.2, 0) is 6.42 Å². The average Bonchev–Trinajstić information content (AvgIpc) is 3.31. The summed E-state index contributed by atoms with van der Waals surface area (Å²) in [5.41, 5.74) is 1.13. The quantitative estimate of drug-likeness (QED) is 0.769. The molecule has 1 fully saturated rings. The van der Waals surface area contributed by atoms with Crippen LogP contribution in [0.25, 0.3) is 11.3 Å². The fraction of sp³-hybridized carbons (Fsp3) is 0.556. The first-order valence-electron chi connectivity index (χ1n) is 9.04. The Hall–Kier alpha value is -2.66. The lowest BCUT2D eigenvalue weighted by molar-refractivity contribution is -0.00902. The smallest absolute Gasteiger partial charge is 0.347 e. The van der Waals surface area contributed by atoms with Crippen LogP contribution in [0.2, 0.25) is 0 Å². The van der Waals surface area contributed by atoms with Gasteiger partial charge in [0.15, 0.2) is 0 Å². The van der Waals surface area contributed by atoms with E-state index in [2.05, 4.69) is 26.5 Å². The fourth-order valence-corrected chi connectivity index (χ4v) is 4.23. The van der Waals surface area contributed by atoms with Gasteiger partial charge in [0.1, 0.15) is 5.82 Å². The summed E-state index contributed by atoms with van der Waals surface area (Å²) in [6, 6.07) is 2.00. The van der Waals surface area contributed by atoms with Gasteiger partial charge in [-0.2, -0.15) is 15.3 Å². The van der Waals surface area contributed by atoms with Crippen molar-refractivity contribution in [1.29, 1.82) is 5.26 Å². The van der Waals surface area contributed by atoms with E-state index in [4.69, 9.17) is 0 Å². The number of H-pyrrole nitrogens is 1. The molecule has 136 valence electrons. The van der Waals surface area contributed by atoms with Crippen molar-refractivity contribution in [2.24, 2.45) is 0 Å².